The number of hydrogen-bond acceptors (Lipinski definition) is 7. The molecule has 7 nitrogen and oxygen atoms in total. The third-order valence-corrected chi connectivity index (χ3v) is 5.06. The standard InChI is InChI=1S/C20H33N7S2.Cu/c1-7-26(8-2)19(28)24-22-15(5)18(16-11-13-17(21-6)14-12-16)23-25-20(29)27(9-3)10-4;/h11-14,21H,7-10H2,1-6H3,(H,24,28)(H,25,29);/q;+2/p-2. The number of benzene rings is 1. The molecule has 10 heteroatoms. The molecule has 0 saturated carbocycles. The fourth-order valence-electron chi connectivity index (χ4n) is 2.51. The van der Waals surface area contributed by atoms with Crippen LogP contribution in [0.1, 0.15) is 40.2 Å². The predicted octanol–water partition coefficient (Wildman–Crippen LogP) is 3.30. The molecule has 0 aromatic heterocycles. The van der Waals surface area contributed by atoms with E-state index in [2.05, 4.69) is 25.7 Å². The van der Waals surface area contributed by atoms with Gasteiger partial charge in [0.1, 0.15) is 5.71 Å². The van der Waals surface area contributed by atoms with Gasteiger partial charge in [-0.25, -0.2) is 0 Å². The molecular weight excluding hydrogens is 466 g/mol. The van der Waals surface area contributed by atoms with E-state index in [4.69, 9.17) is 25.3 Å². The van der Waals surface area contributed by atoms with Gasteiger partial charge < -0.3 is 40.4 Å². The summed E-state index contributed by atoms with van der Waals surface area (Å²) in [6.07, 6.45) is 0. The Hall–Kier alpha value is -1.74. The van der Waals surface area contributed by atoms with Crippen LogP contribution in [0.2, 0.25) is 0 Å². The van der Waals surface area contributed by atoms with E-state index in [9.17, 15) is 0 Å². The van der Waals surface area contributed by atoms with Gasteiger partial charge in [-0.05, 0) is 46.8 Å². The predicted molar refractivity (Wildman–Crippen MR) is 131 cm³/mol. The van der Waals surface area contributed by atoms with E-state index in [0.717, 1.165) is 37.4 Å². The second-order valence-electron chi connectivity index (χ2n) is 6.07. The van der Waals surface area contributed by atoms with E-state index in [1.165, 1.54) is 0 Å². The smallest absolute Gasteiger partial charge is 0.741 e. The van der Waals surface area contributed by atoms with Crippen molar-refractivity contribution < 1.29 is 17.1 Å². The van der Waals surface area contributed by atoms with Crippen LogP contribution in [0.4, 0.5) is 5.69 Å². The summed E-state index contributed by atoms with van der Waals surface area (Å²) in [4.78, 5) is 3.93. The third-order valence-electron chi connectivity index (χ3n) is 4.38. The number of rotatable bonds is 9. The molecule has 0 atom stereocenters. The first kappa shape index (κ1) is 28.3. The topological polar surface area (TPSA) is 68.0 Å². The van der Waals surface area contributed by atoms with Gasteiger partial charge in [0.15, 0.2) is 0 Å². The van der Waals surface area contributed by atoms with Crippen molar-refractivity contribution in [3.8, 4) is 0 Å². The molecule has 1 N–H and O–H groups in total. The monoisotopic (exact) mass is 496 g/mol. The van der Waals surface area contributed by atoms with E-state index in [1.54, 1.807) is 0 Å². The van der Waals surface area contributed by atoms with E-state index in [1.807, 2.05) is 75.7 Å². The number of amidine groups is 2. The van der Waals surface area contributed by atoms with Crippen LogP contribution in [-0.4, -0.2) is 64.8 Å². The minimum Gasteiger partial charge on any atom is -0.741 e. The number of nitrogens with one attached hydrogen (secondary N) is 1. The number of hydrogen-bond donors (Lipinski definition) is 1. The maximum atomic E-state index is 5.39. The van der Waals surface area contributed by atoms with Gasteiger partial charge >= 0.3 is 17.1 Å². The molecule has 1 rings (SSSR count). The molecule has 0 fully saturated rings. The number of nitrogens with zero attached hydrogens (tertiary/aromatic N) is 6. The molecule has 0 saturated heterocycles. The largest absolute Gasteiger partial charge is 2.00 e. The molecule has 1 aromatic rings. The Bertz CT molecular complexity index is 753. The van der Waals surface area contributed by atoms with Crippen LogP contribution in [0.3, 0.4) is 0 Å². The molecule has 1 aromatic carbocycles. The Morgan fingerprint density at radius 1 is 0.800 bits per heavy atom. The molecule has 0 aliphatic rings. The Labute approximate surface area is 202 Å². The molecule has 0 unspecified atom stereocenters. The molecule has 0 aliphatic heterocycles. The second kappa shape index (κ2) is 15.1. The zero-order valence-electron chi connectivity index (χ0n) is 18.4. The summed E-state index contributed by atoms with van der Waals surface area (Å²) in [7, 11) is 1.88. The maximum absolute atomic E-state index is 5.39. The van der Waals surface area contributed by atoms with Crippen LogP contribution in [0, 0.1) is 0 Å². The zero-order chi connectivity index (χ0) is 21.8. The first-order valence-electron chi connectivity index (χ1n) is 9.81. The summed E-state index contributed by atoms with van der Waals surface area (Å²) in [5.74, 6) is 0. The van der Waals surface area contributed by atoms with Crippen molar-refractivity contribution in [3.05, 3.63) is 29.8 Å². The molecule has 0 heterocycles. The molecule has 30 heavy (non-hydrogen) atoms. The normalized spacial score (nSPS) is 13.0. The molecule has 0 spiro atoms. The van der Waals surface area contributed by atoms with Gasteiger partial charge in [0.2, 0.25) is 0 Å². The minimum absolute atomic E-state index is 0. The van der Waals surface area contributed by atoms with Crippen LogP contribution in [-0.2, 0) is 42.3 Å². The summed E-state index contributed by atoms with van der Waals surface area (Å²) in [6.45, 7) is 13.1. The first-order chi connectivity index (χ1) is 13.9. The van der Waals surface area contributed by atoms with Gasteiger partial charge in [-0.1, -0.05) is 12.1 Å². The third kappa shape index (κ3) is 8.55. The van der Waals surface area contributed by atoms with Gasteiger partial charge in [-0.3, -0.25) is 0 Å². The molecule has 0 bridgehead atoms. The first-order valence-corrected chi connectivity index (χ1v) is 10.6. The average molecular weight is 497 g/mol. The molecule has 0 aliphatic carbocycles. The molecule has 0 amide bonds. The maximum Gasteiger partial charge on any atom is 2.00 e. The van der Waals surface area contributed by atoms with E-state index in [0.29, 0.717) is 21.8 Å². The summed E-state index contributed by atoms with van der Waals surface area (Å²) >= 11 is 10.7. The van der Waals surface area contributed by atoms with Crippen molar-refractivity contribution in [2.75, 3.05) is 38.5 Å². The molecule has 1 radical (unpaired) electrons. The van der Waals surface area contributed by atoms with Crippen LogP contribution >= 0.6 is 0 Å². The fraction of sp³-hybridized carbons (Fsp3) is 0.500. The van der Waals surface area contributed by atoms with Gasteiger partial charge in [0.05, 0.1) is 5.71 Å². The van der Waals surface area contributed by atoms with Gasteiger partial charge in [0, 0.05) is 54.8 Å². The van der Waals surface area contributed by atoms with E-state index in [-0.39, 0.29) is 17.1 Å². The number of anilines is 1. The summed E-state index contributed by atoms with van der Waals surface area (Å²) in [6, 6.07) is 7.86. The zero-order valence-corrected chi connectivity index (χ0v) is 21.0. The second-order valence-corrected chi connectivity index (χ2v) is 6.80. The van der Waals surface area contributed by atoms with Crippen molar-refractivity contribution in [2.24, 2.45) is 20.4 Å². The van der Waals surface area contributed by atoms with Crippen molar-refractivity contribution >= 4 is 52.7 Å². The Kier molecular flexibility index (Phi) is 14.2. The molecule has 169 valence electrons. The summed E-state index contributed by atoms with van der Waals surface area (Å²) in [5.41, 5.74) is 3.10. The summed E-state index contributed by atoms with van der Waals surface area (Å²) in [5, 5.41) is 21.2. The SMILES string of the molecule is CCN(CC)C([S-])=NN=C(C)C(=NN=C([S-])N(CC)CC)c1ccc(NC)cc1.[Cu+2]. The van der Waals surface area contributed by atoms with Crippen LogP contribution < -0.4 is 5.32 Å². The van der Waals surface area contributed by atoms with E-state index < -0.39 is 0 Å². The van der Waals surface area contributed by atoms with Crippen LogP contribution in [0.15, 0.2) is 44.7 Å². The van der Waals surface area contributed by atoms with Gasteiger partial charge in [-0.15, -0.1) is 5.10 Å². The van der Waals surface area contributed by atoms with E-state index >= 15 is 0 Å². The van der Waals surface area contributed by atoms with Gasteiger partial charge in [-0.2, -0.15) is 15.3 Å². The van der Waals surface area contributed by atoms with Gasteiger partial charge in [0.25, 0.3) is 0 Å². The fourth-order valence-corrected chi connectivity index (χ4v) is 3.10. The van der Waals surface area contributed by atoms with Crippen LogP contribution in [0.25, 0.3) is 0 Å². The minimum atomic E-state index is 0. The van der Waals surface area contributed by atoms with Crippen molar-refractivity contribution in [3.63, 3.8) is 0 Å². The average Bonchev–Trinajstić information content (AvgIpc) is 2.74. The Balaban J connectivity index is 0.00000841. The van der Waals surface area contributed by atoms with Crippen molar-refractivity contribution in [1.82, 2.24) is 9.80 Å². The Morgan fingerprint density at radius 2 is 1.23 bits per heavy atom. The Morgan fingerprint density at radius 3 is 1.63 bits per heavy atom. The molecular formula is C20H31CuN7S2. The van der Waals surface area contributed by atoms with Crippen LogP contribution in [0.5, 0.6) is 0 Å². The summed E-state index contributed by atoms with van der Waals surface area (Å²) < 4.78 is 0. The van der Waals surface area contributed by atoms with Crippen molar-refractivity contribution in [2.45, 2.75) is 34.6 Å². The quantitative estimate of drug-likeness (QED) is 0.187. The van der Waals surface area contributed by atoms with Crippen molar-refractivity contribution in [1.29, 1.82) is 0 Å².